The van der Waals surface area contributed by atoms with Crippen LogP contribution in [0.15, 0.2) is 74.9 Å². The molecule has 3 aromatic heterocycles. The van der Waals surface area contributed by atoms with Gasteiger partial charge >= 0.3 is 5.76 Å². The van der Waals surface area contributed by atoms with Gasteiger partial charge in [0, 0.05) is 29.7 Å². The zero-order valence-electron chi connectivity index (χ0n) is 26.3. The Balaban J connectivity index is 1.30. The summed E-state index contributed by atoms with van der Waals surface area (Å²) in [6, 6.07) is 17.9. The number of aromatic amines is 1. The highest BCUT2D eigenvalue weighted by Gasteiger charge is 2.31. The molecule has 2 N–H and O–H groups in total. The third-order valence-electron chi connectivity index (χ3n) is 9.11. The minimum Gasteiger partial charge on any atom is -0.388 e. The van der Waals surface area contributed by atoms with Crippen molar-refractivity contribution in [2.45, 2.75) is 96.5 Å². The number of fused-ring (bicyclic) bond motifs is 1. The van der Waals surface area contributed by atoms with Crippen LogP contribution in [-0.2, 0) is 17.6 Å². The fourth-order valence-electron chi connectivity index (χ4n) is 6.40. The second kappa shape index (κ2) is 12.6. The number of rotatable bonds is 10. The molecule has 0 aliphatic heterocycles. The summed E-state index contributed by atoms with van der Waals surface area (Å²) in [5.74, 6) is -0.219. The van der Waals surface area contributed by atoms with E-state index in [1.54, 1.807) is 20.0 Å². The predicted molar refractivity (Wildman–Crippen MR) is 172 cm³/mol. The van der Waals surface area contributed by atoms with Crippen LogP contribution in [0, 0.1) is 0 Å². The number of H-pyrrole nitrogens is 1. The first-order valence-electron chi connectivity index (χ1n) is 15.9. The number of aliphatic hydroxyl groups is 1. The van der Waals surface area contributed by atoms with Crippen LogP contribution in [0.4, 0.5) is 0 Å². The Kier molecular flexibility index (Phi) is 8.61. The molecule has 10 nitrogen and oxygen atoms in total. The minimum absolute atomic E-state index is 0.0464. The molecule has 45 heavy (non-hydrogen) atoms. The fraction of sp³-hybridized carbons (Fsp3) is 0.429. The largest absolute Gasteiger partial charge is 0.439 e. The Labute approximate surface area is 261 Å². The van der Waals surface area contributed by atoms with Crippen molar-refractivity contribution in [3.05, 3.63) is 98.5 Å². The molecule has 1 unspecified atom stereocenters. The van der Waals surface area contributed by atoms with Gasteiger partial charge in [0.15, 0.2) is 5.82 Å². The van der Waals surface area contributed by atoms with Gasteiger partial charge in [0.2, 0.25) is 0 Å². The molecule has 0 amide bonds. The molecule has 10 heteroatoms. The second-order valence-electron chi connectivity index (χ2n) is 12.7. The summed E-state index contributed by atoms with van der Waals surface area (Å²) in [6.45, 7) is 7.57. The zero-order valence-corrected chi connectivity index (χ0v) is 26.3. The molecule has 0 saturated heterocycles. The van der Waals surface area contributed by atoms with Gasteiger partial charge in [-0.05, 0) is 69.6 Å². The Morgan fingerprint density at radius 2 is 1.76 bits per heavy atom. The molecule has 236 valence electrons. The summed E-state index contributed by atoms with van der Waals surface area (Å²) >= 11 is 0. The monoisotopic (exact) mass is 611 g/mol. The lowest BCUT2D eigenvalue weighted by atomic mass is 9.91. The molecule has 3 heterocycles. The number of nitrogens with zero attached hydrogens (tertiary/aromatic N) is 4. The number of hydrogen-bond donors (Lipinski definition) is 2. The molecule has 1 fully saturated rings. The summed E-state index contributed by atoms with van der Waals surface area (Å²) < 4.78 is 14.8. The summed E-state index contributed by atoms with van der Waals surface area (Å²) in [5, 5.41) is 18.9. The van der Waals surface area contributed by atoms with E-state index < -0.39 is 11.4 Å². The SMILES string of the molecule is CCCc1c(Cc2ccc(-c3ccccc3-c3noc(=O)[nH]3)cc2)c(=O)n(C2CCC(OC(C)C(C)(C)O)CC2)c2ccnn12. The van der Waals surface area contributed by atoms with Gasteiger partial charge in [-0.15, -0.1) is 0 Å². The molecule has 1 saturated carbocycles. The summed E-state index contributed by atoms with van der Waals surface area (Å²) in [7, 11) is 0. The van der Waals surface area contributed by atoms with E-state index in [1.807, 2.05) is 58.5 Å². The van der Waals surface area contributed by atoms with E-state index in [4.69, 9.17) is 9.26 Å². The Bertz CT molecular complexity index is 1880. The van der Waals surface area contributed by atoms with Crippen LogP contribution in [0.2, 0.25) is 0 Å². The number of benzene rings is 2. The van der Waals surface area contributed by atoms with Gasteiger partial charge in [-0.1, -0.05) is 67.0 Å². The molecular formula is C35H41N5O5. The molecule has 1 atom stereocenters. The van der Waals surface area contributed by atoms with Crippen molar-refractivity contribution in [2.24, 2.45) is 0 Å². The number of ether oxygens (including phenoxy) is 1. The topological polar surface area (TPSA) is 128 Å². The van der Waals surface area contributed by atoms with Crippen molar-refractivity contribution in [2.75, 3.05) is 0 Å². The van der Waals surface area contributed by atoms with Crippen LogP contribution < -0.4 is 11.3 Å². The summed E-state index contributed by atoms with van der Waals surface area (Å²) in [5.41, 5.74) is 5.38. The number of hydrogen-bond acceptors (Lipinski definition) is 7. The van der Waals surface area contributed by atoms with Crippen molar-refractivity contribution in [1.29, 1.82) is 0 Å². The van der Waals surface area contributed by atoms with E-state index in [9.17, 15) is 14.7 Å². The fourth-order valence-corrected chi connectivity index (χ4v) is 6.40. The smallest absolute Gasteiger partial charge is 0.388 e. The minimum atomic E-state index is -0.902. The first kappa shape index (κ1) is 30.7. The van der Waals surface area contributed by atoms with Crippen molar-refractivity contribution >= 4 is 5.65 Å². The number of aromatic nitrogens is 5. The quantitative estimate of drug-likeness (QED) is 0.207. The van der Waals surface area contributed by atoms with E-state index >= 15 is 0 Å². The van der Waals surface area contributed by atoms with Gasteiger partial charge in [0.1, 0.15) is 5.65 Å². The highest BCUT2D eigenvalue weighted by atomic mass is 16.5. The van der Waals surface area contributed by atoms with Crippen LogP contribution in [-0.4, -0.2) is 47.2 Å². The lowest BCUT2D eigenvalue weighted by Gasteiger charge is -2.35. The van der Waals surface area contributed by atoms with Crippen LogP contribution in [0.3, 0.4) is 0 Å². The van der Waals surface area contributed by atoms with Gasteiger partial charge in [-0.25, -0.2) is 9.31 Å². The highest BCUT2D eigenvalue weighted by molar-refractivity contribution is 5.80. The second-order valence-corrected chi connectivity index (χ2v) is 12.7. The van der Waals surface area contributed by atoms with E-state index in [0.29, 0.717) is 12.2 Å². The normalized spacial score (nSPS) is 18.0. The maximum Gasteiger partial charge on any atom is 0.439 e. The van der Waals surface area contributed by atoms with E-state index in [1.165, 1.54) is 0 Å². The van der Waals surface area contributed by atoms with Gasteiger partial charge in [-0.3, -0.25) is 18.9 Å². The molecule has 0 spiro atoms. The van der Waals surface area contributed by atoms with Gasteiger partial charge in [0.25, 0.3) is 5.56 Å². The first-order valence-corrected chi connectivity index (χ1v) is 15.9. The maximum atomic E-state index is 14.4. The Morgan fingerprint density at radius 3 is 2.40 bits per heavy atom. The number of nitrogens with one attached hydrogen (secondary N) is 1. The maximum absolute atomic E-state index is 14.4. The average molecular weight is 612 g/mol. The average Bonchev–Trinajstić information content (AvgIpc) is 3.69. The molecule has 2 aromatic carbocycles. The van der Waals surface area contributed by atoms with Crippen LogP contribution in [0.25, 0.3) is 28.2 Å². The summed E-state index contributed by atoms with van der Waals surface area (Å²) in [4.78, 5) is 28.6. The van der Waals surface area contributed by atoms with Gasteiger partial charge < -0.3 is 9.84 Å². The lowest BCUT2D eigenvalue weighted by molar-refractivity contribution is -0.118. The molecule has 0 radical (unpaired) electrons. The van der Waals surface area contributed by atoms with Crippen molar-refractivity contribution in [3.63, 3.8) is 0 Å². The van der Waals surface area contributed by atoms with Gasteiger partial charge in [0.05, 0.1) is 29.7 Å². The van der Waals surface area contributed by atoms with Crippen molar-refractivity contribution in [1.82, 2.24) is 24.3 Å². The lowest BCUT2D eigenvalue weighted by Crippen LogP contribution is -2.40. The van der Waals surface area contributed by atoms with Crippen LogP contribution >= 0.6 is 0 Å². The van der Waals surface area contributed by atoms with Crippen molar-refractivity contribution < 1.29 is 14.4 Å². The molecule has 1 aliphatic carbocycles. The summed E-state index contributed by atoms with van der Waals surface area (Å²) in [6.07, 6.45) is 7.01. The standard InChI is InChI=1S/C35H41N5O5/c1-5-8-30-29(21-23-11-13-24(14-12-23)27-9-6-7-10-28(27)32-37-34(42)45-38-32)33(41)39(31-19-20-36-40(30)31)25-15-17-26(18-16-25)44-22(2)35(3,4)43/h6-7,9-14,19-20,22,25-26,43H,5,8,15-18,21H2,1-4H3,(H,37,38,42). The van der Waals surface area contributed by atoms with E-state index in [2.05, 4.69) is 34.3 Å². The van der Waals surface area contributed by atoms with E-state index in [-0.39, 0.29) is 23.8 Å². The highest BCUT2D eigenvalue weighted by Crippen LogP contribution is 2.33. The first-order chi connectivity index (χ1) is 21.6. The van der Waals surface area contributed by atoms with Crippen LogP contribution in [0.5, 0.6) is 0 Å². The number of aryl methyl sites for hydroxylation is 1. The molecule has 1 aliphatic rings. The molecular weight excluding hydrogens is 570 g/mol. The predicted octanol–water partition coefficient (Wildman–Crippen LogP) is 5.71. The molecule has 5 aromatic rings. The molecule has 0 bridgehead atoms. The Morgan fingerprint density at radius 1 is 1.04 bits per heavy atom. The van der Waals surface area contributed by atoms with Crippen LogP contribution in [0.1, 0.15) is 82.7 Å². The zero-order chi connectivity index (χ0) is 31.7. The van der Waals surface area contributed by atoms with Gasteiger partial charge in [-0.2, -0.15) is 5.10 Å². The Hall–Kier alpha value is -4.28. The third kappa shape index (κ3) is 6.30. The third-order valence-corrected chi connectivity index (χ3v) is 9.11. The molecule has 6 rings (SSSR count). The van der Waals surface area contributed by atoms with Crippen molar-refractivity contribution in [3.8, 4) is 22.5 Å². The van der Waals surface area contributed by atoms with E-state index in [0.717, 1.165) is 77.7 Å².